The molecular weight excluding hydrogens is 230 g/mol. The van der Waals surface area contributed by atoms with Gasteiger partial charge < -0.3 is 20.1 Å². The first-order valence-electron chi connectivity index (χ1n) is 7.09. The second-order valence-corrected chi connectivity index (χ2v) is 4.41. The van der Waals surface area contributed by atoms with E-state index in [-0.39, 0.29) is 0 Å². The summed E-state index contributed by atoms with van der Waals surface area (Å²) in [6.45, 7) is 8.13. The Kier molecular flexibility index (Phi) is 11.0. The molecule has 106 valence electrons. The number of nitrogens with zero attached hydrogens (tertiary/aromatic N) is 1. The van der Waals surface area contributed by atoms with Crippen LogP contribution in [0.1, 0.15) is 25.7 Å². The van der Waals surface area contributed by atoms with Gasteiger partial charge in [-0.15, -0.1) is 0 Å². The van der Waals surface area contributed by atoms with Crippen LogP contribution in [0.15, 0.2) is 4.99 Å². The van der Waals surface area contributed by atoms with Crippen molar-refractivity contribution in [3.8, 4) is 0 Å². The van der Waals surface area contributed by atoms with Gasteiger partial charge in [0, 0.05) is 26.1 Å². The predicted molar refractivity (Wildman–Crippen MR) is 74.3 cm³/mol. The van der Waals surface area contributed by atoms with Gasteiger partial charge in [-0.2, -0.15) is 0 Å². The third kappa shape index (κ3) is 10.5. The average Bonchev–Trinajstić information content (AvgIpc) is 2.54. The van der Waals surface area contributed by atoms with Gasteiger partial charge in [0.2, 0.25) is 0 Å². The highest BCUT2D eigenvalue weighted by Crippen LogP contribution is 1.96. The molecule has 3 aliphatic heterocycles. The fourth-order valence-electron chi connectivity index (χ4n) is 1.71. The molecule has 0 aromatic rings. The van der Waals surface area contributed by atoms with E-state index in [0.717, 1.165) is 45.9 Å². The minimum Gasteiger partial charge on any atom is -0.483 e. The Labute approximate surface area is 110 Å². The molecule has 0 bridgehead atoms. The third-order valence-electron chi connectivity index (χ3n) is 2.75. The Balaban J connectivity index is 0.000000135. The molecule has 0 saturated carbocycles. The second kappa shape index (κ2) is 12.8. The number of rotatable bonds is 0. The Morgan fingerprint density at radius 1 is 0.778 bits per heavy atom. The van der Waals surface area contributed by atoms with Crippen LogP contribution in [0.4, 0.5) is 0 Å². The molecule has 0 radical (unpaired) electrons. The molecule has 5 nitrogen and oxygen atoms in total. The summed E-state index contributed by atoms with van der Waals surface area (Å²) in [4.78, 5) is 3.83. The normalized spacial score (nSPS) is 22.7. The van der Waals surface area contributed by atoms with Crippen LogP contribution >= 0.6 is 0 Å². The van der Waals surface area contributed by atoms with Gasteiger partial charge in [-0.1, -0.05) is 6.42 Å². The molecule has 3 rings (SSSR count). The van der Waals surface area contributed by atoms with Crippen LogP contribution in [0.3, 0.4) is 0 Å². The fraction of sp³-hybridized carbons (Fsp3) is 0.923. The van der Waals surface area contributed by atoms with Crippen LogP contribution in [-0.4, -0.2) is 58.9 Å². The Morgan fingerprint density at radius 2 is 1.50 bits per heavy atom. The van der Waals surface area contributed by atoms with E-state index in [2.05, 4.69) is 15.6 Å². The van der Waals surface area contributed by atoms with Crippen molar-refractivity contribution in [2.24, 2.45) is 4.99 Å². The largest absolute Gasteiger partial charge is 0.483 e. The highest BCUT2D eigenvalue weighted by Gasteiger charge is 1.94. The number of piperidine rings is 1. The molecule has 3 aliphatic rings. The lowest BCUT2D eigenvalue weighted by Crippen LogP contribution is -2.30. The van der Waals surface area contributed by atoms with E-state index < -0.39 is 0 Å². The summed E-state index contributed by atoms with van der Waals surface area (Å²) in [5, 5.41) is 6.44. The second-order valence-electron chi connectivity index (χ2n) is 4.41. The molecule has 0 atom stereocenters. The maximum atomic E-state index is 5.01. The molecule has 0 aliphatic carbocycles. The van der Waals surface area contributed by atoms with E-state index in [0.29, 0.717) is 0 Å². The molecule has 0 amide bonds. The summed E-state index contributed by atoms with van der Waals surface area (Å²) in [6, 6.07) is 0. The van der Waals surface area contributed by atoms with Crippen LogP contribution in [-0.2, 0) is 9.47 Å². The van der Waals surface area contributed by atoms with E-state index in [9.17, 15) is 0 Å². The van der Waals surface area contributed by atoms with Crippen molar-refractivity contribution < 1.29 is 9.47 Å². The zero-order valence-electron chi connectivity index (χ0n) is 11.3. The van der Waals surface area contributed by atoms with E-state index in [1.54, 1.807) is 0 Å². The molecule has 0 unspecified atom stereocenters. The lowest BCUT2D eigenvalue weighted by atomic mass is 10.2. The number of morpholine rings is 1. The molecule has 3 heterocycles. The highest BCUT2D eigenvalue weighted by atomic mass is 16.5. The SMILES string of the molecule is C1=NCCCO1.C1CCNCC1.C1COCCN1. The van der Waals surface area contributed by atoms with Crippen molar-refractivity contribution in [3.05, 3.63) is 0 Å². The number of hydrogen-bond acceptors (Lipinski definition) is 5. The van der Waals surface area contributed by atoms with E-state index in [1.165, 1.54) is 38.8 Å². The van der Waals surface area contributed by atoms with Gasteiger partial charge in [0.25, 0.3) is 0 Å². The van der Waals surface area contributed by atoms with Gasteiger partial charge in [0.15, 0.2) is 6.40 Å². The molecule has 5 heteroatoms. The van der Waals surface area contributed by atoms with Crippen LogP contribution in [0, 0.1) is 0 Å². The third-order valence-corrected chi connectivity index (χ3v) is 2.75. The van der Waals surface area contributed by atoms with Crippen molar-refractivity contribution in [1.82, 2.24) is 10.6 Å². The van der Waals surface area contributed by atoms with Crippen LogP contribution in [0.25, 0.3) is 0 Å². The summed E-state index contributed by atoms with van der Waals surface area (Å²) in [5.41, 5.74) is 0. The lowest BCUT2D eigenvalue weighted by Gasteiger charge is -2.10. The summed E-state index contributed by atoms with van der Waals surface area (Å²) in [5.74, 6) is 0. The molecular formula is C13H27N3O2. The number of ether oxygens (including phenoxy) is 2. The summed E-state index contributed by atoms with van der Waals surface area (Å²) in [6.07, 6.45) is 6.81. The van der Waals surface area contributed by atoms with E-state index in [1.807, 2.05) is 0 Å². The molecule has 0 spiro atoms. The number of nitrogens with one attached hydrogen (secondary N) is 2. The van der Waals surface area contributed by atoms with Crippen molar-refractivity contribution in [1.29, 1.82) is 0 Å². The van der Waals surface area contributed by atoms with Crippen molar-refractivity contribution in [3.63, 3.8) is 0 Å². The molecule has 2 fully saturated rings. The van der Waals surface area contributed by atoms with Crippen molar-refractivity contribution in [2.75, 3.05) is 52.5 Å². The topological polar surface area (TPSA) is 54.9 Å². The minimum absolute atomic E-state index is 0.851. The summed E-state index contributed by atoms with van der Waals surface area (Å²) < 4.78 is 9.78. The summed E-state index contributed by atoms with van der Waals surface area (Å²) >= 11 is 0. The molecule has 0 aromatic heterocycles. The standard InChI is InChI=1S/C5H11N.C4H9NO.C4H7NO/c1-2-4-6-5-3-1;1-3-6-4-2-5-1;1-2-5-4-6-3-1/h6H,1-5H2;5H,1-4H2;4H,1-3H2. The smallest absolute Gasteiger partial charge is 0.169 e. The van der Waals surface area contributed by atoms with E-state index in [4.69, 9.17) is 9.47 Å². The predicted octanol–water partition coefficient (Wildman–Crippen LogP) is 0.801. The molecule has 18 heavy (non-hydrogen) atoms. The first-order chi connectivity index (χ1) is 9.00. The first kappa shape index (κ1) is 15.4. The van der Waals surface area contributed by atoms with Gasteiger partial charge in [-0.05, 0) is 25.9 Å². The lowest BCUT2D eigenvalue weighted by molar-refractivity contribution is 0.109. The quantitative estimate of drug-likeness (QED) is 0.674. The van der Waals surface area contributed by atoms with Gasteiger partial charge >= 0.3 is 0 Å². The van der Waals surface area contributed by atoms with Gasteiger partial charge in [0.1, 0.15) is 0 Å². The maximum absolute atomic E-state index is 5.01. The molecule has 2 saturated heterocycles. The van der Waals surface area contributed by atoms with E-state index >= 15 is 0 Å². The Bertz CT molecular complexity index is 150. The van der Waals surface area contributed by atoms with Gasteiger partial charge in [-0.3, -0.25) is 4.99 Å². The van der Waals surface area contributed by atoms with Crippen LogP contribution in [0.5, 0.6) is 0 Å². The molecule has 0 aromatic carbocycles. The molecule has 2 N–H and O–H groups in total. The van der Waals surface area contributed by atoms with Crippen molar-refractivity contribution in [2.45, 2.75) is 25.7 Å². The van der Waals surface area contributed by atoms with Crippen LogP contribution < -0.4 is 10.6 Å². The number of aliphatic imine (C=N–C) groups is 1. The average molecular weight is 257 g/mol. The number of hydrogen-bond donors (Lipinski definition) is 2. The van der Waals surface area contributed by atoms with Crippen LogP contribution in [0.2, 0.25) is 0 Å². The minimum atomic E-state index is 0.851. The monoisotopic (exact) mass is 257 g/mol. The Morgan fingerprint density at radius 3 is 1.67 bits per heavy atom. The fourth-order valence-corrected chi connectivity index (χ4v) is 1.71. The zero-order valence-corrected chi connectivity index (χ0v) is 11.3. The maximum Gasteiger partial charge on any atom is 0.169 e. The first-order valence-corrected chi connectivity index (χ1v) is 7.09. The van der Waals surface area contributed by atoms with Gasteiger partial charge in [0.05, 0.1) is 19.8 Å². The summed E-state index contributed by atoms with van der Waals surface area (Å²) in [7, 11) is 0. The zero-order chi connectivity index (χ0) is 12.7. The van der Waals surface area contributed by atoms with Gasteiger partial charge in [-0.25, -0.2) is 0 Å². The Hall–Kier alpha value is -0.650. The van der Waals surface area contributed by atoms with Crippen molar-refractivity contribution >= 4 is 6.40 Å². The highest BCUT2D eigenvalue weighted by molar-refractivity contribution is 5.46.